The molecule has 0 aliphatic carbocycles. The summed E-state index contributed by atoms with van der Waals surface area (Å²) in [7, 11) is 1.60. The average Bonchev–Trinajstić information content (AvgIpc) is 2.23. The van der Waals surface area contributed by atoms with Crippen LogP contribution in [-0.2, 0) is 14.2 Å². The van der Waals surface area contributed by atoms with Gasteiger partial charge in [-0.3, -0.25) is 0 Å². The summed E-state index contributed by atoms with van der Waals surface area (Å²) in [6, 6.07) is 0. The van der Waals surface area contributed by atoms with Crippen LogP contribution in [0.1, 0.15) is 32.6 Å². The molecule has 0 radical (unpaired) electrons. The van der Waals surface area contributed by atoms with Crippen molar-refractivity contribution in [3.8, 4) is 0 Å². The Bertz CT molecular complexity index is 217. The maximum absolute atomic E-state index is 9.62. The lowest BCUT2D eigenvalue weighted by Gasteiger charge is -2.32. The molecule has 0 bridgehead atoms. The Balaban J connectivity index is 2.18. The molecule has 1 rings (SSSR count). The fourth-order valence-corrected chi connectivity index (χ4v) is 1.84. The number of aliphatic hydroxyl groups excluding tert-OH is 1. The second kappa shape index (κ2) is 6.89. The van der Waals surface area contributed by atoms with Crippen molar-refractivity contribution in [2.24, 2.45) is 0 Å². The predicted octanol–water partition coefficient (Wildman–Crippen LogP) is 1.83. The minimum absolute atomic E-state index is 0.0717. The third-order valence-corrected chi connectivity index (χ3v) is 2.63. The molecule has 2 unspecified atom stereocenters. The highest BCUT2D eigenvalue weighted by Gasteiger charge is 2.27. The first-order valence-electron chi connectivity index (χ1n) is 5.76. The van der Waals surface area contributed by atoms with Crippen LogP contribution in [0, 0.1) is 0 Å². The van der Waals surface area contributed by atoms with Crippen LogP contribution in [0.4, 0.5) is 0 Å². The molecule has 1 aliphatic heterocycles. The summed E-state index contributed by atoms with van der Waals surface area (Å²) in [4.78, 5) is 0. The van der Waals surface area contributed by atoms with Gasteiger partial charge in [-0.25, -0.2) is 0 Å². The van der Waals surface area contributed by atoms with Gasteiger partial charge in [0.15, 0.2) is 6.29 Å². The van der Waals surface area contributed by atoms with E-state index in [-0.39, 0.29) is 18.5 Å². The molecule has 94 valence electrons. The van der Waals surface area contributed by atoms with Crippen molar-refractivity contribution in [1.29, 1.82) is 0 Å². The fraction of sp³-hybridized carbons (Fsp3) is 0.833. The molecule has 0 spiro atoms. The van der Waals surface area contributed by atoms with E-state index in [0.717, 1.165) is 18.6 Å². The lowest BCUT2D eigenvalue weighted by Crippen LogP contribution is -2.36. The monoisotopic (exact) mass is 230 g/mol. The highest BCUT2D eigenvalue weighted by atomic mass is 16.7. The Hall–Kier alpha value is -0.580. The number of rotatable bonds is 6. The van der Waals surface area contributed by atoms with Gasteiger partial charge in [0.25, 0.3) is 0 Å². The van der Waals surface area contributed by atoms with E-state index in [1.807, 2.05) is 6.92 Å². The first-order valence-corrected chi connectivity index (χ1v) is 5.76. The first-order chi connectivity index (χ1) is 7.61. The SMILES string of the molecule is C=C(C)OCCCC1CC(O)C[C@@H](OC)O1. The topological polar surface area (TPSA) is 47.9 Å². The highest BCUT2D eigenvalue weighted by Crippen LogP contribution is 2.23. The molecule has 1 saturated heterocycles. The second-order valence-corrected chi connectivity index (χ2v) is 4.24. The quantitative estimate of drug-likeness (QED) is 0.558. The van der Waals surface area contributed by atoms with Crippen molar-refractivity contribution in [3.63, 3.8) is 0 Å². The minimum atomic E-state index is -0.314. The summed E-state index contributed by atoms with van der Waals surface area (Å²) in [6.07, 6.45) is 2.52. The zero-order valence-corrected chi connectivity index (χ0v) is 10.1. The van der Waals surface area contributed by atoms with Crippen LogP contribution in [0.3, 0.4) is 0 Å². The molecule has 4 heteroatoms. The van der Waals surface area contributed by atoms with E-state index in [1.54, 1.807) is 7.11 Å². The van der Waals surface area contributed by atoms with Gasteiger partial charge in [0.05, 0.1) is 24.6 Å². The third kappa shape index (κ3) is 4.96. The Morgan fingerprint density at radius 2 is 2.25 bits per heavy atom. The van der Waals surface area contributed by atoms with Crippen LogP contribution in [0.5, 0.6) is 0 Å². The van der Waals surface area contributed by atoms with Gasteiger partial charge in [-0.2, -0.15) is 0 Å². The number of hydrogen-bond acceptors (Lipinski definition) is 4. The third-order valence-electron chi connectivity index (χ3n) is 2.63. The zero-order chi connectivity index (χ0) is 12.0. The van der Waals surface area contributed by atoms with E-state index in [9.17, 15) is 5.11 Å². The van der Waals surface area contributed by atoms with Gasteiger partial charge >= 0.3 is 0 Å². The Morgan fingerprint density at radius 1 is 1.50 bits per heavy atom. The molecular formula is C12H22O4. The Morgan fingerprint density at radius 3 is 2.88 bits per heavy atom. The standard InChI is InChI=1S/C12H22O4/c1-9(2)15-6-4-5-11-7-10(13)8-12(14-3)16-11/h10-13H,1,4-8H2,2-3H3/t10?,11?,12-/m0/s1. The average molecular weight is 230 g/mol. The molecule has 0 saturated carbocycles. The predicted molar refractivity (Wildman–Crippen MR) is 60.9 cm³/mol. The normalized spacial score (nSPS) is 30.1. The fourth-order valence-electron chi connectivity index (χ4n) is 1.84. The van der Waals surface area contributed by atoms with Gasteiger partial charge in [-0.15, -0.1) is 0 Å². The van der Waals surface area contributed by atoms with E-state index in [2.05, 4.69) is 6.58 Å². The summed E-state index contributed by atoms with van der Waals surface area (Å²) in [6.45, 7) is 6.15. The molecule has 4 nitrogen and oxygen atoms in total. The van der Waals surface area contributed by atoms with Gasteiger partial charge < -0.3 is 19.3 Å². The van der Waals surface area contributed by atoms with E-state index in [0.29, 0.717) is 19.4 Å². The molecule has 0 aromatic rings. The van der Waals surface area contributed by atoms with Crippen molar-refractivity contribution in [2.75, 3.05) is 13.7 Å². The van der Waals surface area contributed by atoms with Gasteiger partial charge in [0.2, 0.25) is 0 Å². The minimum Gasteiger partial charge on any atom is -0.499 e. The number of allylic oxidation sites excluding steroid dienone is 1. The maximum Gasteiger partial charge on any atom is 0.160 e. The summed E-state index contributed by atoms with van der Waals surface area (Å²) >= 11 is 0. The molecule has 16 heavy (non-hydrogen) atoms. The molecule has 3 atom stereocenters. The van der Waals surface area contributed by atoms with E-state index in [4.69, 9.17) is 14.2 Å². The van der Waals surface area contributed by atoms with Gasteiger partial charge in [-0.1, -0.05) is 6.58 Å². The molecule has 1 fully saturated rings. The molecular weight excluding hydrogens is 208 g/mol. The lowest BCUT2D eigenvalue weighted by molar-refractivity contribution is -0.205. The zero-order valence-electron chi connectivity index (χ0n) is 10.1. The van der Waals surface area contributed by atoms with Gasteiger partial charge in [-0.05, 0) is 26.2 Å². The summed E-state index contributed by atoms with van der Waals surface area (Å²) in [5.74, 6) is 0.736. The second-order valence-electron chi connectivity index (χ2n) is 4.24. The highest BCUT2D eigenvalue weighted by molar-refractivity contribution is 4.75. The number of methoxy groups -OCH3 is 1. The summed E-state index contributed by atoms with van der Waals surface area (Å²) < 4.78 is 16.0. The van der Waals surface area contributed by atoms with Crippen LogP contribution in [-0.4, -0.2) is 37.3 Å². The van der Waals surface area contributed by atoms with E-state index in [1.165, 1.54) is 0 Å². The van der Waals surface area contributed by atoms with Crippen molar-refractivity contribution in [3.05, 3.63) is 12.3 Å². The Labute approximate surface area is 97.2 Å². The van der Waals surface area contributed by atoms with E-state index < -0.39 is 0 Å². The van der Waals surface area contributed by atoms with Gasteiger partial charge in [0.1, 0.15) is 0 Å². The number of hydrogen-bond donors (Lipinski definition) is 1. The van der Waals surface area contributed by atoms with Crippen LogP contribution in [0.2, 0.25) is 0 Å². The number of ether oxygens (including phenoxy) is 3. The summed E-state index contributed by atoms with van der Waals surface area (Å²) in [5, 5.41) is 9.62. The summed E-state index contributed by atoms with van der Waals surface area (Å²) in [5.41, 5.74) is 0. The van der Waals surface area contributed by atoms with E-state index >= 15 is 0 Å². The van der Waals surface area contributed by atoms with Crippen LogP contribution in [0.25, 0.3) is 0 Å². The molecule has 0 aromatic carbocycles. The van der Waals surface area contributed by atoms with Crippen molar-refractivity contribution in [2.45, 2.75) is 51.1 Å². The smallest absolute Gasteiger partial charge is 0.160 e. The molecule has 1 aliphatic rings. The van der Waals surface area contributed by atoms with Crippen molar-refractivity contribution < 1.29 is 19.3 Å². The molecule has 1 N–H and O–H groups in total. The number of aliphatic hydroxyl groups is 1. The van der Waals surface area contributed by atoms with Crippen molar-refractivity contribution in [1.82, 2.24) is 0 Å². The largest absolute Gasteiger partial charge is 0.499 e. The van der Waals surface area contributed by atoms with Crippen LogP contribution in [0.15, 0.2) is 12.3 Å². The van der Waals surface area contributed by atoms with Crippen LogP contribution < -0.4 is 0 Å². The Kier molecular flexibility index (Phi) is 5.80. The maximum atomic E-state index is 9.62. The van der Waals surface area contributed by atoms with Crippen LogP contribution >= 0.6 is 0 Å². The van der Waals surface area contributed by atoms with Crippen molar-refractivity contribution >= 4 is 0 Å². The molecule has 0 amide bonds. The molecule has 0 aromatic heterocycles. The first kappa shape index (κ1) is 13.5. The van der Waals surface area contributed by atoms with Gasteiger partial charge in [0, 0.05) is 13.5 Å². The molecule has 1 heterocycles. The lowest BCUT2D eigenvalue weighted by atomic mass is 10.0.